The van der Waals surface area contributed by atoms with Gasteiger partial charge in [0, 0.05) is 5.56 Å². The molecule has 2 aliphatic heterocycles. The molecule has 10 nitrogen and oxygen atoms in total. The molecule has 0 atom stereocenters. The van der Waals surface area contributed by atoms with E-state index in [1.165, 1.54) is 23.1 Å². The summed E-state index contributed by atoms with van der Waals surface area (Å²) in [5.74, 6) is 0.398. The summed E-state index contributed by atoms with van der Waals surface area (Å²) in [5.41, 5.74) is 1.69. The van der Waals surface area contributed by atoms with Crippen LogP contribution in [-0.4, -0.2) is 47.7 Å². The normalized spacial score (nSPS) is 16.6. The molecular formula is C27H29N6O4S+. The van der Waals surface area contributed by atoms with Crippen LogP contribution in [0.2, 0.25) is 0 Å². The minimum atomic E-state index is -0.292. The van der Waals surface area contributed by atoms with E-state index in [1.807, 2.05) is 61.5 Å². The molecular weight excluding hydrogens is 504 g/mol. The van der Waals surface area contributed by atoms with Crippen molar-refractivity contribution in [3.8, 4) is 5.75 Å². The molecule has 38 heavy (non-hydrogen) atoms. The molecule has 1 saturated heterocycles. The van der Waals surface area contributed by atoms with Crippen LogP contribution < -0.4 is 24.8 Å². The summed E-state index contributed by atoms with van der Waals surface area (Å²) in [6, 6.07) is 16.7. The number of nitrogens with zero attached hydrogens (tertiary/aromatic N) is 5. The number of thioether (sulfide) groups is 1. The number of ether oxygens (including phenoxy) is 1. The Hall–Kier alpha value is -4.12. The number of nitrogens with one attached hydrogen (secondary N) is 1. The first kappa shape index (κ1) is 25.5. The number of para-hydroxylation sites is 2. The van der Waals surface area contributed by atoms with Gasteiger partial charge in [-0.3, -0.25) is 24.3 Å². The first-order valence-electron chi connectivity index (χ1n) is 12.6. The Morgan fingerprint density at radius 2 is 1.89 bits per heavy atom. The van der Waals surface area contributed by atoms with Crippen molar-refractivity contribution in [2.24, 2.45) is 4.99 Å². The monoisotopic (exact) mass is 533 g/mol. The van der Waals surface area contributed by atoms with Crippen molar-refractivity contribution in [1.29, 1.82) is 0 Å². The zero-order valence-electron chi connectivity index (χ0n) is 21.1. The Bertz CT molecular complexity index is 1350. The number of piperidine rings is 1. The summed E-state index contributed by atoms with van der Waals surface area (Å²) in [4.78, 5) is 33.9. The Labute approximate surface area is 224 Å². The second kappa shape index (κ2) is 12.0. The average molecular weight is 534 g/mol. The fourth-order valence-electron chi connectivity index (χ4n) is 4.24. The molecule has 3 heterocycles. The maximum atomic E-state index is 13.4. The molecule has 0 aliphatic carbocycles. The summed E-state index contributed by atoms with van der Waals surface area (Å²) in [5, 5.41) is 9.24. The van der Waals surface area contributed by atoms with Crippen molar-refractivity contribution in [3.05, 3.63) is 72.1 Å². The maximum absolute atomic E-state index is 13.4. The van der Waals surface area contributed by atoms with E-state index in [-0.39, 0.29) is 29.1 Å². The molecule has 1 N–H and O–H groups in total. The third-order valence-electron chi connectivity index (χ3n) is 6.03. The molecule has 196 valence electrons. The van der Waals surface area contributed by atoms with Crippen molar-refractivity contribution in [3.63, 3.8) is 0 Å². The number of rotatable bonds is 8. The van der Waals surface area contributed by atoms with Crippen LogP contribution in [-0.2, 0) is 9.59 Å². The molecule has 0 saturated carbocycles. The molecule has 3 aromatic rings. The first-order chi connectivity index (χ1) is 18.6. The highest BCUT2D eigenvalue weighted by molar-refractivity contribution is 8.14. The van der Waals surface area contributed by atoms with E-state index in [1.54, 1.807) is 17.1 Å². The standard InChI is InChI=1S/C27H28N6O4S/c1-2-36-23-14-8-7-11-20(23)17-22-26(35)33(21-12-5-3-6-13-21)27(28-22)38-19-24(34)29-25-18-32(30-37-25)31-15-9-4-10-16-31/h3,5-8,11-14,17-18H,2,4,9-10,15-16,19H2,1H3/p+1/b22-17+. The number of anilines is 2. The zero-order chi connectivity index (χ0) is 26.3. The Kier molecular flexibility index (Phi) is 8.03. The summed E-state index contributed by atoms with van der Waals surface area (Å²) in [6.45, 7) is 4.21. The van der Waals surface area contributed by atoms with Gasteiger partial charge in [0.2, 0.25) is 11.2 Å². The van der Waals surface area contributed by atoms with Crippen LogP contribution in [0, 0.1) is 0 Å². The number of amides is 2. The molecule has 2 aliphatic rings. The van der Waals surface area contributed by atoms with Crippen LogP contribution in [0.25, 0.3) is 6.08 Å². The van der Waals surface area contributed by atoms with Crippen LogP contribution in [0.4, 0.5) is 11.6 Å². The third kappa shape index (κ3) is 5.88. The largest absolute Gasteiger partial charge is 0.493 e. The average Bonchev–Trinajstić information content (AvgIpc) is 3.54. The minimum absolute atomic E-state index is 0.0304. The number of aromatic nitrogens is 2. The molecule has 2 aromatic carbocycles. The summed E-state index contributed by atoms with van der Waals surface area (Å²) < 4.78 is 11.0. The van der Waals surface area contributed by atoms with Gasteiger partial charge in [0.05, 0.1) is 35.9 Å². The van der Waals surface area contributed by atoms with Crippen LogP contribution in [0.3, 0.4) is 0 Å². The predicted molar refractivity (Wildman–Crippen MR) is 147 cm³/mol. The van der Waals surface area contributed by atoms with Crippen LogP contribution >= 0.6 is 11.8 Å². The van der Waals surface area contributed by atoms with E-state index < -0.39 is 0 Å². The van der Waals surface area contributed by atoms with E-state index >= 15 is 0 Å². The lowest BCUT2D eigenvalue weighted by Gasteiger charge is -2.17. The van der Waals surface area contributed by atoms with Gasteiger partial charge in [-0.2, -0.15) is 5.01 Å². The topological polar surface area (TPSA) is 104 Å². The molecule has 0 spiro atoms. The van der Waals surface area contributed by atoms with Crippen molar-refractivity contribution in [2.45, 2.75) is 26.2 Å². The van der Waals surface area contributed by atoms with E-state index in [9.17, 15) is 9.59 Å². The highest BCUT2D eigenvalue weighted by Crippen LogP contribution is 2.31. The summed E-state index contributed by atoms with van der Waals surface area (Å²) in [7, 11) is 0. The lowest BCUT2D eigenvalue weighted by atomic mass is 10.1. The second-order valence-corrected chi connectivity index (χ2v) is 9.65. The molecule has 0 bridgehead atoms. The van der Waals surface area contributed by atoms with Crippen LogP contribution in [0.15, 0.2) is 76.0 Å². The fourth-order valence-corrected chi connectivity index (χ4v) is 5.06. The van der Waals surface area contributed by atoms with Gasteiger partial charge < -0.3 is 4.74 Å². The number of benzene rings is 2. The van der Waals surface area contributed by atoms with E-state index in [0.29, 0.717) is 23.2 Å². The van der Waals surface area contributed by atoms with Crippen molar-refractivity contribution < 1.29 is 23.6 Å². The Balaban J connectivity index is 1.31. The number of amidine groups is 1. The van der Waals surface area contributed by atoms with E-state index in [0.717, 1.165) is 31.5 Å². The van der Waals surface area contributed by atoms with Gasteiger partial charge in [0.15, 0.2) is 5.17 Å². The maximum Gasteiger partial charge on any atom is 0.305 e. The quantitative estimate of drug-likeness (QED) is 0.349. The third-order valence-corrected chi connectivity index (χ3v) is 6.97. The molecule has 1 fully saturated rings. The lowest BCUT2D eigenvalue weighted by Crippen LogP contribution is -2.60. The van der Waals surface area contributed by atoms with Crippen LogP contribution in [0.1, 0.15) is 31.7 Å². The van der Waals surface area contributed by atoms with Gasteiger partial charge in [-0.15, -0.1) is 0 Å². The van der Waals surface area contributed by atoms with E-state index in [4.69, 9.17) is 9.26 Å². The molecule has 0 unspecified atom stereocenters. The van der Waals surface area contributed by atoms with Gasteiger partial charge in [-0.25, -0.2) is 4.99 Å². The number of aliphatic imine (C=N–C) groups is 1. The molecule has 11 heteroatoms. The molecule has 5 rings (SSSR count). The smallest absolute Gasteiger partial charge is 0.305 e. The van der Waals surface area contributed by atoms with Crippen molar-refractivity contribution in [1.82, 2.24) is 5.27 Å². The summed E-state index contributed by atoms with van der Waals surface area (Å²) >= 11 is 1.17. The predicted octanol–water partition coefficient (Wildman–Crippen LogP) is 3.60. The second-order valence-electron chi connectivity index (χ2n) is 8.71. The number of carbonyl (C=O) groups is 2. The fraction of sp³-hybridized carbons (Fsp3) is 0.296. The van der Waals surface area contributed by atoms with E-state index in [2.05, 4.69) is 20.6 Å². The van der Waals surface area contributed by atoms with Crippen molar-refractivity contribution >= 4 is 46.4 Å². The zero-order valence-corrected chi connectivity index (χ0v) is 21.9. The van der Waals surface area contributed by atoms with Gasteiger partial charge in [0.25, 0.3) is 12.1 Å². The Morgan fingerprint density at radius 3 is 2.68 bits per heavy atom. The highest BCUT2D eigenvalue weighted by atomic mass is 32.2. The lowest BCUT2D eigenvalue weighted by molar-refractivity contribution is -0.759. The summed E-state index contributed by atoms with van der Waals surface area (Å²) in [6.07, 6.45) is 6.79. The van der Waals surface area contributed by atoms with Crippen LogP contribution in [0.5, 0.6) is 5.75 Å². The number of carbonyl (C=O) groups excluding carboxylic acids is 2. The minimum Gasteiger partial charge on any atom is -0.493 e. The number of hydrogen-bond acceptors (Lipinski definition) is 8. The van der Waals surface area contributed by atoms with Gasteiger partial charge in [0.1, 0.15) is 11.4 Å². The van der Waals surface area contributed by atoms with Gasteiger partial charge >= 0.3 is 5.88 Å². The van der Waals surface area contributed by atoms with Gasteiger partial charge in [-0.05, 0) is 50.5 Å². The number of hydrogen-bond donors (Lipinski definition) is 1. The molecule has 2 amide bonds. The van der Waals surface area contributed by atoms with Gasteiger partial charge in [-0.1, -0.05) is 48.2 Å². The van der Waals surface area contributed by atoms with Crippen molar-refractivity contribution in [2.75, 3.05) is 40.7 Å². The Morgan fingerprint density at radius 1 is 1.13 bits per heavy atom. The molecule has 1 aromatic heterocycles. The molecule has 0 radical (unpaired) electrons. The first-order valence-corrected chi connectivity index (χ1v) is 13.6. The highest BCUT2D eigenvalue weighted by Gasteiger charge is 2.33. The SMILES string of the molecule is CCOc1ccccc1/C=C1/N=C(SCC(=O)Nc2c[n+](N3CCCCC3)no2)N(c2ccccc2)C1=O.